The first kappa shape index (κ1) is 35.4. The summed E-state index contributed by atoms with van der Waals surface area (Å²) in [5.74, 6) is 1.54. The van der Waals surface area contributed by atoms with Crippen molar-refractivity contribution in [2.75, 3.05) is 25.5 Å². The molecule has 1 atom stereocenters. The molecule has 3 heterocycles. The van der Waals surface area contributed by atoms with Gasteiger partial charge in [0.1, 0.15) is 17.2 Å². The van der Waals surface area contributed by atoms with E-state index in [1.54, 1.807) is 37.7 Å². The summed E-state index contributed by atoms with van der Waals surface area (Å²) < 4.78 is 22.0. The summed E-state index contributed by atoms with van der Waals surface area (Å²) in [5.41, 5.74) is 14.5. The Morgan fingerprint density at radius 2 is 1.90 bits per heavy atom. The molecule has 0 radical (unpaired) electrons. The van der Waals surface area contributed by atoms with Crippen molar-refractivity contribution in [2.24, 2.45) is 22.4 Å². The Labute approximate surface area is 290 Å². The third kappa shape index (κ3) is 9.58. The van der Waals surface area contributed by atoms with Gasteiger partial charge in [-0.3, -0.25) is 9.56 Å². The quantitative estimate of drug-likeness (QED) is 0.0644. The Kier molecular flexibility index (Phi) is 11.9. The lowest BCUT2D eigenvalue weighted by Crippen LogP contribution is -2.36. The topological polar surface area (TPSA) is 161 Å². The molecule has 0 aliphatic rings. The van der Waals surface area contributed by atoms with E-state index in [-0.39, 0.29) is 17.0 Å². The minimum Gasteiger partial charge on any atom is -0.497 e. The van der Waals surface area contributed by atoms with Crippen molar-refractivity contribution < 1.29 is 9.13 Å². The van der Waals surface area contributed by atoms with Crippen LogP contribution in [0.3, 0.4) is 0 Å². The number of guanidine groups is 1. The van der Waals surface area contributed by atoms with Gasteiger partial charge >= 0.3 is 5.69 Å². The maximum Gasteiger partial charge on any atom is 0.354 e. The monoisotopic (exact) mass is 687 g/mol. The van der Waals surface area contributed by atoms with E-state index in [9.17, 15) is 4.79 Å². The number of anilines is 1. The molecule has 2 aromatic carbocycles. The molecule has 5 aromatic rings. The fourth-order valence-corrected chi connectivity index (χ4v) is 5.79. The number of nitrogens with zero attached hydrogens (tertiary/aromatic N) is 4. The van der Waals surface area contributed by atoms with Crippen LogP contribution in [0.4, 0.5) is 10.2 Å². The van der Waals surface area contributed by atoms with Crippen molar-refractivity contribution in [3.63, 3.8) is 0 Å². The molecule has 0 saturated heterocycles. The highest BCUT2D eigenvalue weighted by Crippen LogP contribution is 2.31. The molecule has 11 nitrogen and oxygen atoms in total. The first-order valence-electron chi connectivity index (χ1n) is 16.3. The second kappa shape index (κ2) is 16.4. The number of benzene rings is 2. The van der Waals surface area contributed by atoms with Gasteiger partial charge in [-0.25, -0.2) is 14.2 Å². The summed E-state index contributed by atoms with van der Waals surface area (Å²) in [7, 11) is 1.61. The van der Waals surface area contributed by atoms with E-state index in [1.807, 2.05) is 36.4 Å². The number of ether oxygens (including phenoxy) is 1. The van der Waals surface area contributed by atoms with E-state index in [0.29, 0.717) is 71.5 Å². The van der Waals surface area contributed by atoms with Crippen molar-refractivity contribution in [2.45, 2.75) is 52.1 Å². The van der Waals surface area contributed by atoms with Gasteiger partial charge in [-0.05, 0) is 72.7 Å². The Morgan fingerprint density at radius 3 is 2.63 bits per heavy atom. The van der Waals surface area contributed by atoms with Crippen molar-refractivity contribution in [3.8, 4) is 22.7 Å². The number of hydrogen-bond donors (Lipinski definition) is 5. The van der Waals surface area contributed by atoms with E-state index in [2.05, 4.69) is 44.4 Å². The van der Waals surface area contributed by atoms with Gasteiger partial charge < -0.3 is 31.8 Å². The number of aliphatic imine (C=N–C) groups is 1. The molecule has 0 spiro atoms. The number of methoxy groups -OCH3 is 1. The van der Waals surface area contributed by atoms with Crippen molar-refractivity contribution >= 4 is 34.4 Å². The predicted octanol–water partition coefficient (Wildman–Crippen LogP) is 5.79. The summed E-state index contributed by atoms with van der Waals surface area (Å²) in [6.07, 6.45) is 6.94. The number of H-pyrrole nitrogens is 1. The van der Waals surface area contributed by atoms with Crippen molar-refractivity contribution in [3.05, 3.63) is 99.4 Å². The zero-order valence-electron chi connectivity index (χ0n) is 28.0. The lowest BCUT2D eigenvalue weighted by atomic mass is 10.00. The molecule has 0 fully saturated rings. The number of aryl methyl sites for hydroxylation is 1. The highest BCUT2D eigenvalue weighted by molar-refractivity contribution is 6.31. The molecule has 0 saturated carbocycles. The Balaban J connectivity index is 1.29. The van der Waals surface area contributed by atoms with Crippen molar-refractivity contribution in [1.29, 1.82) is 0 Å². The molecule has 7 N–H and O–H groups in total. The third-order valence-electron chi connectivity index (χ3n) is 8.21. The van der Waals surface area contributed by atoms with E-state index in [0.717, 1.165) is 30.4 Å². The van der Waals surface area contributed by atoms with Crippen LogP contribution in [0.1, 0.15) is 44.2 Å². The van der Waals surface area contributed by atoms with Gasteiger partial charge in [-0.2, -0.15) is 4.98 Å². The highest BCUT2D eigenvalue weighted by atomic mass is 35.5. The van der Waals surface area contributed by atoms with Crippen LogP contribution in [-0.4, -0.2) is 51.7 Å². The first-order valence-corrected chi connectivity index (χ1v) is 16.7. The molecule has 5 rings (SSSR count). The molecule has 0 aliphatic carbocycles. The van der Waals surface area contributed by atoms with Crippen LogP contribution < -0.4 is 32.5 Å². The third-order valence-corrected chi connectivity index (χ3v) is 8.49. The minimum atomic E-state index is -0.508. The molecular weight excluding hydrogens is 645 g/mol. The van der Waals surface area contributed by atoms with Gasteiger partial charge in [0.15, 0.2) is 11.8 Å². The first-order chi connectivity index (χ1) is 23.6. The summed E-state index contributed by atoms with van der Waals surface area (Å²) in [5, 5.41) is 7.63. The maximum absolute atomic E-state index is 15.2. The fraction of sp³-hybridized carbons (Fsp3) is 0.333. The standard InChI is InChI=1S/C36H43ClFN9O2/c1-22(2)5-4-6-24-15-29(33(38)30(37)16-24)31-17-25-21-47(36(48)46-34(25)45-31)27-9-7-23(8-10-27)19-43-26(11-13-42-35(39)40)20-44-32-18-28(49-3)12-14-41-32/h7-10,12,14-18,21-22,26,43H,4-6,11,13,19-20H2,1-3H3,(H,41,44)(H4,39,40,42)(H,45,46,48)/t26-/m1/s1. The molecule has 3 aromatic heterocycles. The lowest BCUT2D eigenvalue weighted by Gasteiger charge is -2.19. The molecule has 0 unspecified atom stereocenters. The van der Waals surface area contributed by atoms with E-state index < -0.39 is 11.5 Å². The molecule has 258 valence electrons. The largest absolute Gasteiger partial charge is 0.497 e. The summed E-state index contributed by atoms with van der Waals surface area (Å²) in [4.78, 5) is 28.9. The number of nitrogens with one attached hydrogen (secondary N) is 3. The van der Waals surface area contributed by atoms with Crippen LogP contribution >= 0.6 is 11.6 Å². The van der Waals surface area contributed by atoms with Gasteiger partial charge in [0.25, 0.3) is 0 Å². The van der Waals surface area contributed by atoms with Gasteiger partial charge in [-0.1, -0.05) is 44.0 Å². The number of halogens is 2. The Hall–Kier alpha value is -4.94. The number of fused-ring (bicyclic) bond motifs is 1. The van der Waals surface area contributed by atoms with Crippen LogP contribution in [-0.2, 0) is 13.0 Å². The molecular formula is C36H43ClFN9O2. The van der Waals surface area contributed by atoms with Gasteiger partial charge in [0.2, 0.25) is 0 Å². The van der Waals surface area contributed by atoms with E-state index in [4.69, 9.17) is 27.8 Å². The van der Waals surface area contributed by atoms with Crippen LogP contribution in [0, 0.1) is 11.7 Å². The van der Waals surface area contributed by atoms with Gasteiger partial charge in [0.05, 0.1) is 23.5 Å². The lowest BCUT2D eigenvalue weighted by molar-refractivity contribution is 0.414. The Bertz CT molecular complexity index is 1950. The molecule has 49 heavy (non-hydrogen) atoms. The maximum atomic E-state index is 15.2. The average Bonchev–Trinajstić information content (AvgIpc) is 3.49. The number of nitrogens with two attached hydrogens (primary N) is 2. The minimum absolute atomic E-state index is 0.0215. The van der Waals surface area contributed by atoms with Gasteiger partial charge in [-0.15, -0.1) is 0 Å². The van der Waals surface area contributed by atoms with Crippen LogP contribution in [0.25, 0.3) is 28.0 Å². The number of aromatic nitrogens is 4. The smallest absolute Gasteiger partial charge is 0.354 e. The molecule has 0 aliphatic heterocycles. The van der Waals surface area contributed by atoms with Crippen molar-refractivity contribution in [1.82, 2.24) is 24.8 Å². The van der Waals surface area contributed by atoms with E-state index >= 15 is 4.39 Å². The van der Waals surface area contributed by atoms with Gasteiger partial charge in [0, 0.05) is 55.1 Å². The van der Waals surface area contributed by atoms with Crippen LogP contribution in [0.2, 0.25) is 5.02 Å². The fourth-order valence-electron chi connectivity index (χ4n) is 5.55. The number of hydrogen-bond acceptors (Lipinski definition) is 7. The summed E-state index contributed by atoms with van der Waals surface area (Å²) in [6.45, 7) is 5.98. The zero-order valence-corrected chi connectivity index (χ0v) is 28.7. The number of pyridine rings is 1. The summed E-state index contributed by atoms with van der Waals surface area (Å²) >= 11 is 6.29. The van der Waals surface area contributed by atoms with Crippen LogP contribution in [0.15, 0.2) is 76.8 Å². The number of aromatic amines is 1. The number of rotatable bonds is 16. The second-order valence-corrected chi connectivity index (χ2v) is 12.8. The summed E-state index contributed by atoms with van der Waals surface area (Å²) in [6, 6.07) is 16.6. The van der Waals surface area contributed by atoms with E-state index in [1.165, 1.54) is 4.57 Å². The average molecular weight is 688 g/mol. The predicted molar refractivity (Wildman–Crippen MR) is 195 cm³/mol. The normalized spacial score (nSPS) is 12.0. The highest BCUT2D eigenvalue weighted by Gasteiger charge is 2.16. The Morgan fingerprint density at radius 1 is 1.10 bits per heavy atom. The molecule has 13 heteroatoms. The zero-order chi connectivity index (χ0) is 34.9. The van der Waals surface area contributed by atoms with Crippen LogP contribution in [0.5, 0.6) is 5.75 Å². The second-order valence-electron chi connectivity index (χ2n) is 12.4. The molecule has 0 amide bonds. The molecule has 0 bridgehead atoms. The SMILES string of the molecule is COc1ccnc(NC[C@@H](CCN=C(N)N)NCc2ccc(-n3cc4cc(-c5cc(CCCC(C)C)cc(Cl)c5F)[nH]c4nc3=O)cc2)c1.